The molecule has 0 aliphatic rings. The molecule has 2 aromatic heterocycles. The molecule has 5 nitrogen and oxygen atoms in total. The molecule has 0 saturated heterocycles. The molecular weight excluding hydrogens is 423 g/mol. The summed E-state index contributed by atoms with van der Waals surface area (Å²) < 4.78 is 1.91. The smallest absolute Gasteiger partial charge is 0.230 e. The van der Waals surface area contributed by atoms with Crippen molar-refractivity contribution in [1.82, 2.24) is 19.9 Å². The number of aromatic nitrogens is 3. The second-order valence-corrected chi connectivity index (χ2v) is 8.60. The standard InChI is InChI=1S/C18H18Cl2N4OS2/c1-26-9-7-14(18-23-22-16-4-2-3-8-24(16)18)21-17(25)11-27-15-10-12(19)5-6-13(15)20/h2-6,8,10,14H,7,9,11H2,1H3,(H,21,25). The zero-order valence-corrected chi connectivity index (χ0v) is 17.7. The van der Waals surface area contributed by atoms with E-state index in [1.54, 1.807) is 30.0 Å². The molecule has 0 saturated carbocycles. The van der Waals surface area contributed by atoms with Crippen LogP contribution in [0.5, 0.6) is 0 Å². The highest BCUT2D eigenvalue weighted by Gasteiger charge is 2.20. The van der Waals surface area contributed by atoms with E-state index in [9.17, 15) is 4.79 Å². The first-order valence-corrected chi connectivity index (χ1v) is 11.4. The van der Waals surface area contributed by atoms with Gasteiger partial charge in [-0.15, -0.1) is 22.0 Å². The molecule has 0 spiro atoms. The average Bonchev–Trinajstić information content (AvgIpc) is 3.10. The van der Waals surface area contributed by atoms with Crippen LogP contribution >= 0.6 is 46.7 Å². The zero-order chi connectivity index (χ0) is 19.2. The molecule has 142 valence electrons. The highest BCUT2D eigenvalue weighted by atomic mass is 35.5. The molecule has 0 radical (unpaired) electrons. The number of rotatable bonds is 8. The van der Waals surface area contributed by atoms with Crippen molar-refractivity contribution in [3.63, 3.8) is 0 Å². The van der Waals surface area contributed by atoms with E-state index in [4.69, 9.17) is 23.2 Å². The molecule has 3 aromatic rings. The highest BCUT2D eigenvalue weighted by molar-refractivity contribution is 8.00. The number of hydrogen-bond acceptors (Lipinski definition) is 5. The lowest BCUT2D eigenvalue weighted by molar-refractivity contribution is -0.119. The molecule has 0 bridgehead atoms. The van der Waals surface area contributed by atoms with Gasteiger partial charge in [-0.1, -0.05) is 29.3 Å². The number of nitrogens with zero attached hydrogens (tertiary/aromatic N) is 3. The van der Waals surface area contributed by atoms with Crippen LogP contribution in [-0.4, -0.2) is 38.3 Å². The Morgan fingerprint density at radius 1 is 1.26 bits per heavy atom. The minimum Gasteiger partial charge on any atom is -0.345 e. The summed E-state index contributed by atoms with van der Waals surface area (Å²) in [7, 11) is 0. The van der Waals surface area contributed by atoms with Crippen molar-refractivity contribution < 1.29 is 4.79 Å². The summed E-state index contributed by atoms with van der Waals surface area (Å²) in [6.45, 7) is 0. The Hall–Kier alpha value is -1.41. The number of pyridine rings is 1. The van der Waals surface area contributed by atoms with Gasteiger partial charge in [-0.25, -0.2) is 0 Å². The molecule has 3 rings (SSSR count). The van der Waals surface area contributed by atoms with Crippen LogP contribution in [0.4, 0.5) is 0 Å². The number of halogens is 2. The van der Waals surface area contributed by atoms with Crippen LogP contribution in [0.2, 0.25) is 10.0 Å². The van der Waals surface area contributed by atoms with Crippen molar-refractivity contribution in [2.45, 2.75) is 17.4 Å². The lowest BCUT2D eigenvalue weighted by atomic mass is 10.2. The van der Waals surface area contributed by atoms with Gasteiger partial charge < -0.3 is 5.32 Å². The van der Waals surface area contributed by atoms with Crippen LogP contribution in [0.3, 0.4) is 0 Å². The van der Waals surface area contributed by atoms with Gasteiger partial charge in [0.2, 0.25) is 5.91 Å². The molecule has 0 fully saturated rings. The number of nitrogens with one attached hydrogen (secondary N) is 1. The van der Waals surface area contributed by atoms with Crippen LogP contribution in [0.1, 0.15) is 18.3 Å². The third-order valence-electron chi connectivity index (χ3n) is 3.85. The van der Waals surface area contributed by atoms with Gasteiger partial charge in [0.1, 0.15) is 0 Å². The minimum atomic E-state index is -0.210. The maximum absolute atomic E-state index is 12.5. The van der Waals surface area contributed by atoms with Crippen LogP contribution in [0.15, 0.2) is 47.5 Å². The fourth-order valence-electron chi connectivity index (χ4n) is 2.57. The SMILES string of the molecule is CSCCC(NC(=O)CSc1cc(Cl)ccc1Cl)c1nnc2ccccn12. The van der Waals surface area contributed by atoms with Crippen molar-refractivity contribution in [3.05, 3.63) is 58.5 Å². The molecule has 1 amide bonds. The van der Waals surface area contributed by atoms with Crippen molar-refractivity contribution in [1.29, 1.82) is 0 Å². The number of hydrogen-bond donors (Lipinski definition) is 1. The topological polar surface area (TPSA) is 59.3 Å². The number of benzene rings is 1. The molecule has 2 heterocycles. The fraction of sp³-hybridized carbons (Fsp3) is 0.278. The van der Waals surface area contributed by atoms with Crippen molar-refractivity contribution >= 4 is 58.3 Å². The number of amides is 1. The van der Waals surface area contributed by atoms with Crippen molar-refractivity contribution in [2.24, 2.45) is 0 Å². The summed E-state index contributed by atoms with van der Waals surface area (Å²) in [6.07, 6.45) is 4.71. The number of fused-ring (bicyclic) bond motifs is 1. The second-order valence-electron chi connectivity index (χ2n) is 5.75. The van der Waals surface area contributed by atoms with E-state index >= 15 is 0 Å². The maximum atomic E-state index is 12.5. The fourth-order valence-corrected chi connectivity index (χ4v) is 4.34. The Bertz CT molecular complexity index is 935. The summed E-state index contributed by atoms with van der Waals surface area (Å²) in [6, 6.07) is 10.7. The predicted octanol–water partition coefficient (Wildman–Crippen LogP) is 4.74. The van der Waals surface area contributed by atoms with Crippen molar-refractivity contribution in [3.8, 4) is 0 Å². The Morgan fingerprint density at radius 3 is 2.93 bits per heavy atom. The summed E-state index contributed by atoms with van der Waals surface area (Å²) in [5.74, 6) is 1.79. The Balaban J connectivity index is 1.70. The molecule has 27 heavy (non-hydrogen) atoms. The minimum absolute atomic E-state index is 0.0881. The number of thioether (sulfide) groups is 2. The first-order valence-electron chi connectivity index (χ1n) is 8.24. The summed E-state index contributed by atoms with van der Waals surface area (Å²) >= 11 is 15.3. The van der Waals surface area contributed by atoms with Crippen LogP contribution < -0.4 is 5.32 Å². The van der Waals surface area contributed by atoms with Crippen LogP contribution in [0.25, 0.3) is 5.65 Å². The molecule has 1 N–H and O–H groups in total. The van der Waals surface area contributed by atoms with Gasteiger partial charge >= 0.3 is 0 Å². The van der Waals surface area contributed by atoms with E-state index in [0.717, 1.165) is 28.5 Å². The molecular formula is C18H18Cl2N4OS2. The van der Waals surface area contributed by atoms with E-state index in [0.29, 0.717) is 10.0 Å². The maximum Gasteiger partial charge on any atom is 0.230 e. The van der Waals surface area contributed by atoms with Gasteiger partial charge in [0, 0.05) is 16.1 Å². The van der Waals surface area contributed by atoms with Gasteiger partial charge in [-0.2, -0.15) is 11.8 Å². The Labute approximate surface area is 176 Å². The Kier molecular flexibility index (Phi) is 7.29. The molecule has 0 aliphatic carbocycles. The summed E-state index contributed by atoms with van der Waals surface area (Å²) in [5.41, 5.74) is 0.760. The van der Waals surface area contributed by atoms with Crippen LogP contribution in [0, 0.1) is 0 Å². The van der Waals surface area contributed by atoms with E-state index in [-0.39, 0.29) is 17.7 Å². The van der Waals surface area contributed by atoms with Gasteiger partial charge in [0.25, 0.3) is 0 Å². The summed E-state index contributed by atoms with van der Waals surface area (Å²) in [5, 5.41) is 12.7. The zero-order valence-electron chi connectivity index (χ0n) is 14.6. The van der Waals surface area contributed by atoms with Crippen molar-refractivity contribution in [2.75, 3.05) is 17.8 Å². The molecule has 1 aromatic carbocycles. The lowest BCUT2D eigenvalue weighted by Gasteiger charge is -2.17. The van der Waals surface area contributed by atoms with Gasteiger partial charge in [-0.3, -0.25) is 9.20 Å². The second kappa shape index (κ2) is 9.68. The molecule has 1 unspecified atom stereocenters. The molecule has 0 aliphatic heterocycles. The van der Waals surface area contributed by atoms with E-state index in [1.807, 2.05) is 35.1 Å². The average molecular weight is 441 g/mol. The molecule has 9 heteroatoms. The highest BCUT2D eigenvalue weighted by Crippen LogP contribution is 2.30. The first kappa shape index (κ1) is 20.3. The third-order valence-corrected chi connectivity index (χ3v) is 6.23. The largest absolute Gasteiger partial charge is 0.345 e. The number of carbonyl (C=O) groups excluding carboxylic acids is 1. The Morgan fingerprint density at radius 2 is 2.11 bits per heavy atom. The van der Waals surface area contributed by atoms with Gasteiger partial charge in [0.15, 0.2) is 11.5 Å². The van der Waals surface area contributed by atoms with Crippen LogP contribution in [-0.2, 0) is 4.79 Å². The normalized spacial score (nSPS) is 12.3. The van der Waals surface area contributed by atoms with Gasteiger partial charge in [0.05, 0.1) is 16.8 Å². The van der Waals surface area contributed by atoms with E-state index in [2.05, 4.69) is 15.5 Å². The predicted molar refractivity (Wildman–Crippen MR) is 114 cm³/mol. The quantitative estimate of drug-likeness (QED) is 0.512. The summed E-state index contributed by atoms with van der Waals surface area (Å²) in [4.78, 5) is 13.3. The first-order chi connectivity index (χ1) is 13.1. The van der Waals surface area contributed by atoms with E-state index in [1.165, 1.54) is 11.8 Å². The van der Waals surface area contributed by atoms with E-state index < -0.39 is 0 Å². The van der Waals surface area contributed by atoms with Gasteiger partial charge in [-0.05, 0) is 48.8 Å². The monoisotopic (exact) mass is 440 g/mol. The lowest BCUT2D eigenvalue weighted by Crippen LogP contribution is -2.31. The number of carbonyl (C=O) groups is 1. The third kappa shape index (κ3) is 5.31. The molecule has 1 atom stereocenters.